The minimum absolute atomic E-state index is 0.334. The van der Waals surface area contributed by atoms with E-state index in [0.717, 1.165) is 88.4 Å². The summed E-state index contributed by atoms with van der Waals surface area (Å²) in [4.78, 5) is 4.63. The van der Waals surface area contributed by atoms with Crippen LogP contribution in [0.5, 0.6) is 0 Å². The Morgan fingerprint density at radius 1 is 0.324 bits per heavy atom. The van der Waals surface area contributed by atoms with Crippen LogP contribution in [0.25, 0.3) is 111 Å². The van der Waals surface area contributed by atoms with Gasteiger partial charge in [-0.1, -0.05) is 119 Å². The number of aryl methyl sites for hydroxylation is 8. The molecular weight excluding hydrogens is 899 g/mol. The molecule has 0 bridgehead atoms. The van der Waals surface area contributed by atoms with E-state index >= 15 is 0 Å². The molecule has 0 spiro atoms. The fourth-order valence-corrected chi connectivity index (χ4v) is 11.7. The van der Waals surface area contributed by atoms with Crippen molar-refractivity contribution in [3.05, 3.63) is 232 Å². The Balaban J connectivity index is 1.15. The largest absolute Gasteiger partial charge is 0.309 e. The predicted molar refractivity (Wildman–Crippen MR) is 307 cm³/mol. The maximum absolute atomic E-state index is 11.5. The monoisotopic (exact) mass is 951 g/mol. The first-order valence-corrected chi connectivity index (χ1v) is 25.3. The number of fused-ring (bicyclic) bond motifs is 6. The van der Waals surface area contributed by atoms with E-state index in [9.17, 15) is 10.5 Å². The number of aromatic nitrogens is 3. The summed E-state index contributed by atoms with van der Waals surface area (Å²) in [6.07, 6.45) is 1.79. The Hall–Kier alpha value is -9.29. The highest BCUT2D eigenvalue weighted by atomic mass is 15.0. The van der Waals surface area contributed by atoms with Gasteiger partial charge in [-0.05, 0) is 195 Å². The van der Waals surface area contributed by atoms with Crippen molar-refractivity contribution >= 4 is 43.6 Å². The van der Waals surface area contributed by atoms with Gasteiger partial charge in [0.15, 0.2) is 0 Å². The standard InChI is InChI=1S/C69H53N5/c1-40-9-19-55(44(5)27-40)48-14-23-64-60(31-48)61-32-49(56-20-10-41(2)28-45(56)6)15-24-65(61)73(64)68-36-59(52-13-18-54(38-71)72-39-52)69(35-53(68)37-70)74-66-25-16-50(57-21-11-42(3)29-46(57)7)33-62(66)63-34-51(17-26-67(63)74)58-22-12-43(4)30-47(58)8/h9-36,39H,1-8H3. The Labute approximate surface area is 432 Å². The lowest BCUT2D eigenvalue weighted by atomic mass is 9.95. The van der Waals surface area contributed by atoms with Gasteiger partial charge in [0.25, 0.3) is 0 Å². The number of pyridine rings is 1. The summed E-state index contributed by atoms with van der Waals surface area (Å²) in [7, 11) is 0. The third-order valence-corrected chi connectivity index (χ3v) is 15.2. The minimum atomic E-state index is 0.334. The van der Waals surface area contributed by atoms with Crippen LogP contribution >= 0.6 is 0 Å². The van der Waals surface area contributed by atoms with Crippen molar-refractivity contribution in [1.29, 1.82) is 10.5 Å². The second-order valence-electron chi connectivity index (χ2n) is 20.4. The van der Waals surface area contributed by atoms with E-state index in [1.165, 1.54) is 66.8 Å². The second-order valence-corrected chi connectivity index (χ2v) is 20.4. The highest BCUT2D eigenvalue weighted by Crippen LogP contribution is 2.44. The molecule has 0 aliphatic carbocycles. The predicted octanol–water partition coefficient (Wildman–Crippen LogP) is 17.8. The van der Waals surface area contributed by atoms with E-state index in [4.69, 9.17) is 0 Å². The molecule has 74 heavy (non-hydrogen) atoms. The lowest BCUT2D eigenvalue weighted by Crippen LogP contribution is -2.04. The number of hydrogen-bond acceptors (Lipinski definition) is 3. The second kappa shape index (κ2) is 17.8. The van der Waals surface area contributed by atoms with Crippen LogP contribution in [-0.4, -0.2) is 14.1 Å². The average molecular weight is 952 g/mol. The van der Waals surface area contributed by atoms with E-state index in [1.807, 2.05) is 6.07 Å². The molecule has 0 radical (unpaired) electrons. The van der Waals surface area contributed by atoms with Crippen LogP contribution < -0.4 is 0 Å². The minimum Gasteiger partial charge on any atom is -0.309 e. The Morgan fingerprint density at radius 2 is 0.676 bits per heavy atom. The van der Waals surface area contributed by atoms with Crippen LogP contribution in [0.15, 0.2) is 176 Å². The molecule has 0 aliphatic rings. The van der Waals surface area contributed by atoms with E-state index in [2.05, 4.69) is 239 Å². The summed E-state index contributed by atoms with van der Waals surface area (Å²) in [6.45, 7) is 17.3. The third-order valence-electron chi connectivity index (χ3n) is 15.2. The molecule has 0 aliphatic heterocycles. The molecule has 3 heterocycles. The third kappa shape index (κ3) is 7.65. The quantitative estimate of drug-likeness (QED) is 0.160. The summed E-state index contributed by atoms with van der Waals surface area (Å²) in [5, 5.41) is 25.9. The first-order valence-electron chi connectivity index (χ1n) is 25.3. The van der Waals surface area contributed by atoms with E-state index in [-0.39, 0.29) is 0 Å². The van der Waals surface area contributed by atoms with E-state index in [0.29, 0.717) is 11.3 Å². The number of benzene rings is 9. The highest BCUT2D eigenvalue weighted by Gasteiger charge is 2.24. The summed E-state index contributed by atoms with van der Waals surface area (Å²) in [5.41, 5.74) is 27.3. The molecule has 3 aromatic heterocycles. The Morgan fingerprint density at radius 3 is 0.986 bits per heavy atom. The lowest BCUT2D eigenvalue weighted by molar-refractivity contribution is 1.13. The molecule has 0 atom stereocenters. The van der Waals surface area contributed by atoms with Crippen LogP contribution in [0, 0.1) is 78.1 Å². The molecule has 354 valence electrons. The Kier molecular flexibility index (Phi) is 11.0. The van der Waals surface area contributed by atoms with Gasteiger partial charge >= 0.3 is 0 Å². The van der Waals surface area contributed by atoms with Crippen molar-refractivity contribution in [2.24, 2.45) is 0 Å². The van der Waals surface area contributed by atoms with Gasteiger partial charge in [0, 0.05) is 38.9 Å². The SMILES string of the molecule is Cc1ccc(-c2ccc3c(c2)c2cc(-c4ccc(C)cc4C)ccc2n3-c2cc(-c3ccc(C#N)nc3)c(-n3c4ccc(-c5ccc(C)cc5C)cc4c4cc(-c5ccc(C)cc5C)ccc43)cc2C#N)c(C)c1. The van der Waals surface area contributed by atoms with Gasteiger partial charge in [-0.2, -0.15) is 10.5 Å². The van der Waals surface area contributed by atoms with Gasteiger partial charge in [0.1, 0.15) is 17.8 Å². The van der Waals surface area contributed by atoms with Crippen LogP contribution in [0.3, 0.4) is 0 Å². The zero-order valence-electron chi connectivity index (χ0n) is 43.0. The summed E-state index contributed by atoms with van der Waals surface area (Å²) < 4.78 is 4.59. The fraction of sp³-hybridized carbons (Fsp3) is 0.116. The molecule has 0 fully saturated rings. The van der Waals surface area contributed by atoms with Gasteiger partial charge in [-0.3, -0.25) is 0 Å². The van der Waals surface area contributed by atoms with Crippen LogP contribution in [-0.2, 0) is 0 Å². The summed E-state index contributed by atoms with van der Waals surface area (Å²) in [6, 6.07) is 66.5. The molecular formula is C69H53N5. The average Bonchev–Trinajstić information content (AvgIpc) is 3.89. The van der Waals surface area contributed by atoms with Crippen molar-refractivity contribution < 1.29 is 0 Å². The van der Waals surface area contributed by atoms with Gasteiger partial charge in [0.2, 0.25) is 0 Å². The lowest BCUT2D eigenvalue weighted by Gasteiger charge is -2.19. The maximum Gasteiger partial charge on any atom is 0.140 e. The smallest absolute Gasteiger partial charge is 0.140 e. The topological polar surface area (TPSA) is 70.3 Å². The number of nitriles is 2. The van der Waals surface area contributed by atoms with Crippen molar-refractivity contribution in [3.8, 4) is 79.1 Å². The first-order chi connectivity index (χ1) is 35.8. The normalized spacial score (nSPS) is 11.5. The van der Waals surface area contributed by atoms with Gasteiger partial charge in [-0.25, -0.2) is 4.98 Å². The fourth-order valence-electron chi connectivity index (χ4n) is 11.7. The van der Waals surface area contributed by atoms with E-state index in [1.54, 1.807) is 12.3 Å². The molecule has 12 rings (SSSR count). The molecule has 0 amide bonds. The first kappa shape index (κ1) is 45.8. The zero-order chi connectivity index (χ0) is 51.1. The molecule has 0 saturated heterocycles. The molecule has 0 saturated carbocycles. The van der Waals surface area contributed by atoms with Crippen LogP contribution in [0.1, 0.15) is 55.8 Å². The Bertz CT molecular complexity index is 4190. The summed E-state index contributed by atoms with van der Waals surface area (Å²) >= 11 is 0. The molecule has 12 aromatic rings. The van der Waals surface area contributed by atoms with Crippen molar-refractivity contribution in [2.45, 2.75) is 55.4 Å². The molecule has 5 nitrogen and oxygen atoms in total. The number of hydrogen-bond donors (Lipinski definition) is 0. The van der Waals surface area contributed by atoms with Gasteiger partial charge in [-0.15, -0.1) is 0 Å². The van der Waals surface area contributed by atoms with Crippen molar-refractivity contribution in [2.75, 3.05) is 0 Å². The molecule has 9 aromatic carbocycles. The van der Waals surface area contributed by atoms with Crippen LogP contribution in [0.4, 0.5) is 0 Å². The number of rotatable bonds is 7. The number of nitrogens with zero attached hydrogens (tertiary/aromatic N) is 5. The van der Waals surface area contributed by atoms with Crippen molar-refractivity contribution in [1.82, 2.24) is 14.1 Å². The van der Waals surface area contributed by atoms with Gasteiger partial charge in [0.05, 0.1) is 39.0 Å². The van der Waals surface area contributed by atoms with Crippen LogP contribution in [0.2, 0.25) is 0 Å². The maximum atomic E-state index is 11.5. The van der Waals surface area contributed by atoms with E-state index < -0.39 is 0 Å². The molecule has 0 N–H and O–H groups in total. The molecule has 5 heteroatoms. The zero-order valence-corrected chi connectivity index (χ0v) is 43.0. The molecule has 0 unspecified atom stereocenters. The van der Waals surface area contributed by atoms with Gasteiger partial charge < -0.3 is 9.13 Å². The highest BCUT2D eigenvalue weighted by molar-refractivity contribution is 6.14. The summed E-state index contributed by atoms with van der Waals surface area (Å²) in [5.74, 6) is 0. The van der Waals surface area contributed by atoms with Crippen molar-refractivity contribution in [3.63, 3.8) is 0 Å².